The molecular weight excluding hydrogens is 371 g/mol. The molecule has 24 heavy (non-hydrogen) atoms. The van der Waals surface area contributed by atoms with Gasteiger partial charge in [-0.15, -0.1) is 0 Å². The zero-order valence-corrected chi connectivity index (χ0v) is 14.8. The second kappa shape index (κ2) is 6.63. The van der Waals surface area contributed by atoms with Crippen molar-refractivity contribution in [1.82, 2.24) is 0 Å². The minimum Gasteiger partial charge on any atom is -0.322 e. The van der Waals surface area contributed by atoms with E-state index in [-0.39, 0.29) is 16.3 Å². The number of halogens is 2. The molecule has 1 N–H and O–H groups in total. The number of carbonyl (C=O) groups excluding carboxylic acids is 1. The predicted molar refractivity (Wildman–Crippen MR) is 96.6 cm³/mol. The lowest BCUT2D eigenvalue weighted by Gasteiger charge is -2.18. The van der Waals surface area contributed by atoms with Crippen LogP contribution >= 0.6 is 23.2 Å². The second-order valence-corrected chi connectivity index (χ2v) is 8.23. The van der Waals surface area contributed by atoms with Crippen molar-refractivity contribution in [3.63, 3.8) is 0 Å². The largest absolute Gasteiger partial charge is 0.322 e. The first-order chi connectivity index (χ1) is 11.4. The summed E-state index contributed by atoms with van der Waals surface area (Å²) in [5, 5.41) is 3.41. The van der Waals surface area contributed by atoms with Crippen molar-refractivity contribution in [3.05, 3.63) is 58.1 Å². The maximum Gasteiger partial charge on any atom is 0.257 e. The summed E-state index contributed by atoms with van der Waals surface area (Å²) < 4.78 is 25.4. The molecule has 1 heterocycles. The Kier molecular flexibility index (Phi) is 4.71. The van der Waals surface area contributed by atoms with E-state index in [4.69, 9.17) is 23.2 Å². The molecule has 2 aromatic carbocycles. The van der Waals surface area contributed by atoms with Gasteiger partial charge >= 0.3 is 0 Å². The summed E-state index contributed by atoms with van der Waals surface area (Å²) in [6.07, 6.45) is 0.594. The lowest BCUT2D eigenvalue weighted by molar-refractivity contribution is 0.102. The van der Waals surface area contributed by atoms with Gasteiger partial charge in [-0.05, 0) is 42.8 Å². The average Bonchev–Trinajstić information content (AvgIpc) is 2.89. The molecule has 5 nitrogen and oxygen atoms in total. The van der Waals surface area contributed by atoms with Gasteiger partial charge in [0.2, 0.25) is 10.0 Å². The van der Waals surface area contributed by atoms with Gasteiger partial charge in [-0.2, -0.15) is 0 Å². The molecule has 3 rings (SSSR count). The smallest absolute Gasteiger partial charge is 0.257 e. The lowest BCUT2D eigenvalue weighted by atomic mass is 10.2. The van der Waals surface area contributed by atoms with Crippen molar-refractivity contribution in [2.75, 3.05) is 21.9 Å². The Morgan fingerprint density at radius 2 is 1.92 bits per heavy atom. The van der Waals surface area contributed by atoms with E-state index in [2.05, 4.69) is 5.32 Å². The highest BCUT2D eigenvalue weighted by atomic mass is 35.5. The van der Waals surface area contributed by atoms with Crippen LogP contribution in [0.4, 0.5) is 11.4 Å². The Labute approximate surface area is 150 Å². The maximum absolute atomic E-state index is 12.4. The van der Waals surface area contributed by atoms with Crippen LogP contribution in [0.5, 0.6) is 0 Å². The van der Waals surface area contributed by atoms with Crippen molar-refractivity contribution in [3.8, 4) is 0 Å². The summed E-state index contributed by atoms with van der Waals surface area (Å²) in [6.45, 7) is 0.444. The molecule has 0 radical (unpaired) electrons. The number of sulfonamides is 1. The lowest BCUT2D eigenvalue weighted by Crippen LogP contribution is -2.25. The Hall–Kier alpha value is -1.76. The van der Waals surface area contributed by atoms with Crippen LogP contribution in [0.3, 0.4) is 0 Å². The van der Waals surface area contributed by atoms with Gasteiger partial charge < -0.3 is 5.32 Å². The van der Waals surface area contributed by atoms with E-state index in [1.54, 1.807) is 36.4 Å². The van der Waals surface area contributed by atoms with Gasteiger partial charge in [-0.1, -0.05) is 29.3 Å². The minimum atomic E-state index is -3.27. The van der Waals surface area contributed by atoms with Crippen molar-refractivity contribution in [2.45, 2.75) is 6.42 Å². The number of benzene rings is 2. The van der Waals surface area contributed by atoms with Gasteiger partial charge in [-0.3, -0.25) is 9.10 Å². The zero-order chi connectivity index (χ0) is 17.3. The first-order valence-electron chi connectivity index (χ1n) is 7.24. The van der Waals surface area contributed by atoms with Crippen molar-refractivity contribution in [1.29, 1.82) is 0 Å². The fraction of sp³-hybridized carbons (Fsp3) is 0.188. The molecule has 0 aromatic heterocycles. The van der Waals surface area contributed by atoms with Crippen LogP contribution in [0, 0.1) is 0 Å². The molecule has 0 spiro atoms. The molecule has 1 amide bonds. The highest BCUT2D eigenvalue weighted by Crippen LogP contribution is 2.27. The van der Waals surface area contributed by atoms with E-state index in [0.717, 1.165) is 0 Å². The summed E-state index contributed by atoms with van der Waals surface area (Å²) in [5.41, 5.74) is 1.27. The molecule has 0 saturated carbocycles. The summed E-state index contributed by atoms with van der Waals surface area (Å²) in [6, 6.07) is 11.3. The molecule has 0 bridgehead atoms. The number of nitrogens with zero attached hydrogens (tertiary/aromatic N) is 1. The summed E-state index contributed by atoms with van der Waals surface area (Å²) in [5.74, 6) is -0.272. The number of rotatable bonds is 3. The van der Waals surface area contributed by atoms with E-state index in [9.17, 15) is 13.2 Å². The van der Waals surface area contributed by atoms with Gasteiger partial charge in [0, 0.05) is 17.3 Å². The van der Waals surface area contributed by atoms with E-state index in [0.29, 0.717) is 29.4 Å². The average molecular weight is 385 g/mol. The number of anilines is 2. The van der Waals surface area contributed by atoms with Crippen LogP contribution < -0.4 is 9.62 Å². The second-order valence-electron chi connectivity index (χ2n) is 5.37. The number of hydrogen-bond donors (Lipinski definition) is 1. The van der Waals surface area contributed by atoms with E-state index < -0.39 is 15.9 Å². The molecule has 126 valence electrons. The van der Waals surface area contributed by atoms with Gasteiger partial charge in [0.15, 0.2) is 0 Å². The summed E-state index contributed by atoms with van der Waals surface area (Å²) >= 11 is 11.9. The predicted octanol–water partition coefficient (Wildman–Crippen LogP) is 3.79. The van der Waals surface area contributed by atoms with E-state index in [1.165, 1.54) is 10.4 Å². The Bertz CT molecular complexity index is 900. The minimum absolute atomic E-state index is 0.141. The third-order valence-corrected chi connectivity index (χ3v) is 6.10. The highest BCUT2D eigenvalue weighted by Gasteiger charge is 2.28. The summed E-state index contributed by atoms with van der Waals surface area (Å²) in [7, 11) is -3.27. The van der Waals surface area contributed by atoms with Crippen LogP contribution in [-0.4, -0.2) is 26.6 Å². The molecular formula is C16H14Cl2N2O3S. The van der Waals surface area contributed by atoms with Gasteiger partial charge in [-0.25, -0.2) is 8.42 Å². The molecule has 1 aliphatic rings. The molecule has 8 heteroatoms. The summed E-state index contributed by atoms with van der Waals surface area (Å²) in [4.78, 5) is 12.4. The topological polar surface area (TPSA) is 66.5 Å². The third-order valence-electron chi connectivity index (χ3n) is 3.66. The molecule has 2 aromatic rings. The fourth-order valence-electron chi connectivity index (χ4n) is 2.54. The molecule has 1 fully saturated rings. The van der Waals surface area contributed by atoms with Gasteiger partial charge in [0.05, 0.1) is 22.0 Å². The van der Waals surface area contributed by atoms with Crippen molar-refractivity contribution >= 4 is 50.5 Å². The normalized spacial score (nSPS) is 16.2. The maximum atomic E-state index is 12.4. The van der Waals surface area contributed by atoms with Crippen molar-refractivity contribution in [2.24, 2.45) is 0 Å². The van der Waals surface area contributed by atoms with Crippen molar-refractivity contribution < 1.29 is 13.2 Å². The van der Waals surface area contributed by atoms with Crippen LogP contribution in [-0.2, 0) is 10.0 Å². The molecule has 0 unspecified atom stereocenters. The number of nitrogens with one attached hydrogen (secondary N) is 1. The molecule has 1 aliphatic heterocycles. The zero-order valence-electron chi connectivity index (χ0n) is 12.5. The van der Waals surface area contributed by atoms with E-state index >= 15 is 0 Å². The number of carbonyl (C=O) groups is 1. The number of amides is 1. The Balaban J connectivity index is 1.85. The standard InChI is InChI=1S/C16H14Cl2N2O3S/c17-11-5-6-15(18)14(9-11)16(21)19-12-3-1-4-13(10-12)20-7-2-8-24(20,22)23/h1,3-6,9-10H,2,7-8H2,(H,19,21). The van der Waals surface area contributed by atoms with Crippen LogP contribution in [0.2, 0.25) is 10.0 Å². The molecule has 1 saturated heterocycles. The first kappa shape index (κ1) is 17.1. The van der Waals surface area contributed by atoms with Gasteiger partial charge in [0.1, 0.15) is 0 Å². The SMILES string of the molecule is O=C(Nc1cccc(N2CCCS2(=O)=O)c1)c1cc(Cl)ccc1Cl. The Morgan fingerprint density at radius 1 is 1.12 bits per heavy atom. The quantitative estimate of drug-likeness (QED) is 0.875. The molecule has 0 aliphatic carbocycles. The highest BCUT2D eigenvalue weighted by molar-refractivity contribution is 7.93. The van der Waals surface area contributed by atoms with Crippen LogP contribution in [0.1, 0.15) is 16.8 Å². The first-order valence-corrected chi connectivity index (χ1v) is 9.60. The monoisotopic (exact) mass is 384 g/mol. The van der Waals surface area contributed by atoms with Gasteiger partial charge in [0.25, 0.3) is 5.91 Å². The molecule has 0 atom stereocenters. The number of hydrogen-bond acceptors (Lipinski definition) is 3. The van der Waals surface area contributed by atoms with E-state index in [1.807, 2.05) is 0 Å². The van der Waals surface area contributed by atoms with Crippen LogP contribution in [0.25, 0.3) is 0 Å². The third kappa shape index (κ3) is 3.50. The Morgan fingerprint density at radius 3 is 2.62 bits per heavy atom. The fourth-order valence-corrected chi connectivity index (χ4v) is 4.47. The van der Waals surface area contributed by atoms with Crippen LogP contribution in [0.15, 0.2) is 42.5 Å².